The summed E-state index contributed by atoms with van der Waals surface area (Å²) in [6.07, 6.45) is 1.38. The van der Waals surface area contributed by atoms with E-state index >= 15 is 0 Å². The molecular formula is C24H28N4O6. The SMILES string of the molecule is CCOc1cc(/C=N\NC(=O)C(=O)NCc2ccccc2)ccc1OCC(=O)N1CCOCC1. The number of morpholine rings is 1. The zero-order valence-corrected chi connectivity index (χ0v) is 19.0. The third-order valence-corrected chi connectivity index (χ3v) is 4.86. The lowest BCUT2D eigenvalue weighted by Gasteiger charge is -2.26. The normalized spacial score (nSPS) is 13.4. The number of nitrogens with zero attached hydrogens (tertiary/aromatic N) is 2. The zero-order valence-electron chi connectivity index (χ0n) is 19.0. The number of carbonyl (C=O) groups is 3. The molecule has 180 valence electrons. The van der Waals surface area contributed by atoms with E-state index < -0.39 is 11.8 Å². The van der Waals surface area contributed by atoms with Crippen LogP contribution < -0.4 is 20.2 Å². The number of nitrogens with one attached hydrogen (secondary N) is 2. The number of rotatable bonds is 9. The fourth-order valence-corrected chi connectivity index (χ4v) is 3.11. The standard InChI is InChI=1S/C24H28N4O6/c1-2-33-21-14-19(8-9-20(21)34-17-22(29)28-10-12-32-13-11-28)16-26-27-24(31)23(30)25-15-18-6-4-3-5-7-18/h3-9,14,16H,2,10-13,15,17H2,1H3,(H,25,30)(H,27,31)/b26-16-. The summed E-state index contributed by atoms with van der Waals surface area (Å²) in [5.41, 5.74) is 3.69. The van der Waals surface area contributed by atoms with Gasteiger partial charge in [-0.25, -0.2) is 5.43 Å². The van der Waals surface area contributed by atoms with Crippen LogP contribution in [0.25, 0.3) is 0 Å². The van der Waals surface area contributed by atoms with Crippen molar-refractivity contribution < 1.29 is 28.6 Å². The van der Waals surface area contributed by atoms with Gasteiger partial charge in [-0.15, -0.1) is 0 Å². The number of ether oxygens (including phenoxy) is 3. The molecule has 10 nitrogen and oxygen atoms in total. The van der Waals surface area contributed by atoms with Crippen LogP contribution in [0.2, 0.25) is 0 Å². The van der Waals surface area contributed by atoms with Gasteiger partial charge in [-0.05, 0) is 36.2 Å². The number of amides is 3. The van der Waals surface area contributed by atoms with Crippen LogP contribution in [0.4, 0.5) is 0 Å². The maximum atomic E-state index is 12.3. The average Bonchev–Trinajstić information content (AvgIpc) is 2.87. The van der Waals surface area contributed by atoms with Gasteiger partial charge in [0.2, 0.25) is 0 Å². The van der Waals surface area contributed by atoms with Gasteiger partial charge in [0, 0.05) is 19.6 Å². The second kappa shape index (κ2) is 12.9. The predicted molar refractivity (Wildman–Crippen MR) is 125 cm³/mol. The fourth-order valence-electron chi connectivity index (χ4n) is 3.11. The average molecular weight is 469 g/mol. The van der Waals surface area contributed by atoms with Crippen LogP contribution in [0.1, 0.15) is 18.1 Å². The first kappa shape index (κ1) is 24.7. The Kier molecular flexibility index (Phi) is 9.41. The molecule has 1 heterocycles. The lowest BCUT2D eigenvalue weighted by Crippen LogP contribution is -2.43. The highest BCUT2D eigenvalue weighted by atomic mass is 16.5. The first-order valence-corrected chi connectivity index (χ1v) is 11.0. The van der Waals surface area contributed by atoms with Gasteiger partial charge < -0.3 is 24.4 Å². The molecule has 0 radical (unpaired) electrons. The largest absolute Gasteiger partial charge is 0.490 e. The number of carbonyl (C=O) groups excluding carboxylic acids is 3. The van der Waals surface area contributed by atoms with Gasteiger partial charge in [0.1, 0.15) is 0 Å². The number of hydrazone groups is 1. The smallest absolute Gasteiger partial charge is 0.329 e. The summed E-state index contributed by atoms with van der Waals surface area (Å²) in [7, 11) is 0. The molecule has 0 spiro atoms. The molecule has 1 aliphatic rings. The molecule has 1 saturated heterocycles. The van der Waals surface area contributed by atoms with E-state index in [0.29, 0.717) is 50.0 Å². The summed E-state index contributed by atoms with van der Waals surface area (Å²) >= 11 is 0. The minimum absolute atomic E-state index is 0.109. The number of hydrogen-bond donors (Lipinski definition) is 2. The third-order valence-electron chi connectivity index (χ3n) is 4.86. The first-order chi connectivity index (χ1) is 16.6. The second-order valence-electron chi connectivity index (χ2n) is 7.29. The van der Waals surface area contributed by atoms with Crippen LogP contribution in [0.15, 0.2) is 53.6 Å². The monoisotopic (exact) mass is 468 g/mol. The van der Waals surface area contributed by atoms with Crippen LogP contribution in [-0.4, -0.2) is 68.4 Å². The van der Waals surface area contributed by atoms with E-state index in [1.807, 2.05) is 37.3 Å². The van der Waals surface area contributed by atoms with E-state index in [4.69, 9.17) is 14.2 Å². The summed E-state index contributed by atoms with van der Waals surface area (Å²) in [5.74, 6) is -0.925. The molecule has 0 aromatic heterocycles. The molecule has 3 amide bonds. The quantitative estimate of drug-likeness (QED) is 0.323. The highest BCUT2D eigenvalue weighted by Crippen LogP contribution is 2.28. The van der Waals surface area contributed by atoms with Crippen molar-refractivity contribution in [2.75, 3.05) is 39.5 Å². The third kappa shape index (κ3) is 7.59. The van der Waals surface area contributed by atoms with Crippen LogP contribution in [0, 0.1) is 0 Å². The van der Waals surface area contributed by atoms with Crippen molar-refractivity contribution in [3.63, 3.8) is 0 Å². The number of benzene rings is 2. The van der Waals surface area contributed by atoms with Gasteiger partial charge in [0.25, 0.3) is 5.91 Å². The predicted octanol–water partition coefficient (Wildman–Crippen LogP) is 1.09. The lowest BCUT2D eigenvalue weighted by molar-refractivity contribution is -0.139. The van der Waals surface area contributed by atoms with Crippen molar-refractivity contribution in [3.8, 4) is 11.5 Å². The molecule has 0 aliphatic carbocycles. The van der Waals surface area contributed by atoms with Gasteiger partial charge in [-0.2, -0.15) is 5.10 Å². The fraction of sp³-hybridized carbons (Fsp3) is 0.333. The molecule has 0 saturated carbocycles. The van der Waals surface area contributed by atoms with Gasteiger partial charge in [0.15, 0.2) is 18.1 Å². The van der Waals surface area contributed by atoms with Crippen LogP contribution in [0.3, 0.4) is 0 Å². The maximum Gasteiger partial charge on any atom is 0.329 e. The van der Waals surface area contributed by atoms with Gasteiger partial charge in [-0.1, -0.05) is 30.3 Å². The summed E-state index contributed by atoms with van der Waals surface area (Å²) in [6, 6.07) is 14.3. The van der Waals surface area contributed by atoms with Gasteiger partial charge in [0.05, 0.1) is 26.0 Å². The molecule has 2 N–H and O–H groups in total. The zero-order chi connectivity index (χ0) is 24.2. The highest BCUT2D eigenvalue weighted by Gasteiger charge is 2.18. The van der Waals surface area contributed by atoms with Crippen LogP contribution in [-0.2, 0) is 25.7 Å². The van der Waals surface area contributed by atoms with E-state index in [0.717, 1.165) is 5.56 Å². The Morgan fingerprint density at radius 3 is 2.53 bits per heavy atom. The molecule has 0 atom stereocenters. The molecule has 1 aliphatic heterocycles. The van der Waals surface area contributed by atoms with Crippen molar-refractivity contribution in [1.82, 2.24) is 15.6 Å². The summed E-state index contributed by atoms with van der Waals surface area (Å²) in [4.78, 5) is 37.8. The van der Waals surface area contributed by atoms with Gasteiger partial charge >= 0.3 is 11.8 Å². The molecular weight excluding hydrogens is 440 g/mol. The molecule has 2 aromatic rings. The van der Waals surface area contributed by atoms with Crippen LogP contribution in [0.5, 0.6) is 11.5 Å². The minimum Gasteiger partial charge on any atom is -0.490 e. The van der Waals surface area contributed by atoms with Gasteiger partial charge in [-0.3, -0.25) is 14.4 Å². The van der Waals surface area contributed by atoms with Crippen molar-refractivity contribution in [1.29, 1.82) is 0 Å². The molecule has 10 heteroatoms. The lowest BCUT2D eigenvalue weighted by atomic mass is 10.2. The Morgan fingerprint density at radius 1 is 1.03 bits per heavy atom. The maximum absolute atomic E-state index is 12.3. The molecule has 0 unspecified atom stereocenters. The Bertz CT molecular complexity index is 1010. The van der Waals surface area contributed by atoms with Crippen molar-refractivity contribution >= 4 is 23.9 Å². The van der Waals surface area contributed by atoms with Crippen LogP contribution >= 0.6 is 0 Å². The summed E-state index contributed by atoms with van der Waals surface area (Å²) < 4.78 is 16.5. The Labute approximate surface area is 197 Å². The molecule has 0 bridgehead atoms. The molecule has 3 rings (SSSR count). The Balaban J connectivity index is 1.51. The summed E-state index contributed by atoms with van der Waals surface area (Å²) in [6.45, 7) is 4.50. The van der Waals surface area contributed by atoms with E-state index in [1.54, 1.807) is 23.1 Å². The van der Waals surface area contributed by atoms with E-state index in [2.05, 4.69) is 15.8 Å². The van der Waals surface area contributed by atoms with Crippen molar-refractivity contribution in [2.45, 2.75) is 13.5 Å². The van der Waals surface area contributed by atoms with E-state index in [-0.39, 0.29) is 19.1 Å². The number of hydrogen-bond acceptors (Lipinski definition) is 7. The Hall–Kier alpha value is -3.92. The minimum atomic E-state index is -0.876. The van der Waals surface area contributed by atoms with Crippen molar-refractivity contribution in [3.05, 3.63) is 59.7 Å². The molecule has 1 fully saturated rings. The molecule has 2 aromatic carbocycles. The van der Waals surface area contributed by atoms with E-state index in [9.17, 15) is 14.4 Å². The Morgan fingerprint density at radius 2 is 1.79 bits per heavy atom. The first-order valence-electron chi connectivity index (χ1n) is 11.0. The summed E-state index contributed by atoms with van der Waals surface area (Å²) in [5, 5.41) is 6.36. The van der Waals surface area contributed by atoms with Crippen molar-refractivity contribution in [2.24, 2.45) is 5.10 Å². The van der Waals surface area contributed by atoms with E-state index in [1.165, 1.54) is 6.21 Å². The topological polar surface area (TPSA) is 119 Å². The molecule has 34 heavy (non-hydrogen) atoms. The highest BCUT2D eigenvalue weighted by molar-refractivity contribution is 6.35. The second-order valence-corrected chi connectivity index (χ2v) is 7.29.